The van der Waals surface area contributed by atoms with Crippen LogP contribution in [-0.4, -0.2) is 25.6 Å². The molecule has 2 aliphatic heterocycles. The molecule has 0 aliphatic carbocycles. The van der Waals surface area contributed by atoms with Gasteiger partial charge in [-0.25, -0.2) is 0 Å². The van der Waals surface area contributed by atoms with E-state index in [1.54, 1.807) is 0 Å². The maximum atomic E-state index is 11.0. The number of hydrogen-bond donors (Lipinski definition) is 0. The quantitative estimate of drug-likeness (QED) is 0.815. The number of anilines is 3. The average Bonchev–Trinajstić information content (AvgIpc) is 2.58. The number of rotatable bonds is 4. The highest BCUT2D eigenvalue weighted by Gasteiger charge is 2.32. The molecule has 1 fully saturated rings. The van der Waals surface area contributed by atoms with Crippen LogP contribution in [0.25, 0.3) is 0 Å². The number of carboxylic acids is 1. The molecule has 0 N–H and O–H groups in total. The average molecular weight is 378 g/mol. The van der Waals surface area contributed by atoms with E-state index in [9.17, 15) is 9.90 Å². The second-order valence-electron chi connectivity index (χ2n) is 9.41. The minimum atomic E-state index is -0.944. The third kappa shape index (κ3) is 3.48. The van der Waals surface area contributed by atoms with E-state index < -0.39 is 5.97 Å². The van der Waals surface area contributed by atoms with Gasteiger partial charge in [0.05, 0.1) is 0 Å². The Labute approximate surface area is 167 Å². The minimum absolute atomic E-state index is 0.190. The van der Waals surface area contributed by atoms with Crippen LogP contribution in [0, 0.1) is 11.3 Å². The van der Waals surface area contributed by atoms with Crippen LogP contribution in [0.1, 0.15) is 44.7 Å². The van der Waals surface area contributed by atoms with Crippen molar-refractivity contribution in [2.75, 3.05) is 29.4 Å². The van der Waals surface area contributed by atoms with Gasteiger partial charge in [-0.05, 0) is 53.1 Å². The molecule has 0 aromatic heterocycles. The SMILES string of the molecule is CC(C)c1ccc2c(c1)CC(C)(C)CN2c1cccc(N2CC(C(=O)[O-])C2)c1. The van der Waals surface area contributed by atoms with E-state index in [1.165, 1.54) is 22.5 Å². The number of carbonyl (C=O) groups is 1. The van der Waals surface area contributed by atoms with Gasteiger partial charge >= 0.3 is 0 Å². The van der Waals surface area contributed by atoms with Gasteiger partial charge in [0.2, 0.25) is 0 Å². The molecule has 0 radical (unpaired) electrons. The first-order valence-corrected chi connectivity index (χ1v) is 10.2. The fourth-order valence-electron chi connectivity index (χ4n) is 4.38. The Morgan fingerprint density at radius 2 is 1.82 bits per heavy atom. The molecule has 0 atom stereocenters. The van der Waals surface area contributed by atoms with E-state index in [0.29, 0.717) is 19.0 Å². The van der Waals surface area contributed by atoms with Crippen molar-refractivity contribution in [3.05, 3.63) is 53.6 Å². The summed E-state index contributed by atoms with van der Waals surface area (Å²) in [5.41, 5.74) is 6.53. The van der Waals surface area contributed by atoms with Crippen molar-refractivity contribution in [2.45, 2.75) is 40.0 Å². The molecule has 0 bridgehead atoms. The Morgan fingerprint density at radius 1 is 1.11 bits per heavy atom. The summed E-state index contributed by atoms with van der Waals surface area (Å²) in [4.78, 5) is 15.5. The number of aliphatic carboxylic acids is 1. The van der Waals surface area contributed by atoms with E-state index in [-0.39, 0.29) is 11.3 Å². The molecule has 0 amide bonds. The molecule has 148 valence electrons. The van der Waals surface area contributed by atoms with Crippen molar-refractivity contribution < 1.29 is 9.90 Å². The van der Waals surface area contributed by atoms with Crippen LogP contribution in [0.4, 0.5) is 17.1 Å². The van der Waals surface area contributed by atoms with Gasteiger partial charge in [0.15, 0.2) is 0 Å². The van der Waals surface area contributed by atoms with Crippen LogP contribution in [0.5, 0.6) is 0 Å². The maximum absolute atomic E-state index is 11.0. The van der Waals surface area contributed by atoms with Gasteiger partial charge in [-0.3, -0.25) is 0 Å². The highest BCUT2D eigenvalue weighted by atomic mass is 16.4. The number of hydrogen-bond acceptors (Lipinski definition) is 4. The van der Waals surface area contributed by atoms with Crippen molar-refractivity contribution >= 4 is 23.0 Å². The van der Waals surface area contributed by atoms with Crippen molar-refractivity contribution in [3.8, 4) is 0 Å². The second-order valence-corrected chi connectivity index (χ2v) is 9.41. The van der Waals surface area contributed by atoms with Gasteiger partial charge in [-0.1, -0.05) is 45.9 Å². The largest absolute Gasteiger partial charge is 0.550 e. The standard InChI is InChI=1S/C24H30N2O2/c1-16(2)17-8-9-22-18(10-17)12-24(3,4)15-26(22)21-7-5-6-20(11-21)25-13-19(14-25)23(27)28/h5-11,16,19H,12-15H2,1-4H3,(H,27,28)/p-1. The molecule has 2 aliphatic rings. The lowest BCUT2D eigenvalue weighted by Gasteiger charge is -2.43. The van der Waals surface area contributed by atoms with E-state index in [4.69, 9.17) is 0 Å². The first kappa shape index (κ1) is 18.9. The van der Waals surface area contributed by atoms with Gasteiger partial charge in [0.25, 0.3) is 0 Å². The summed E-state index contributed by atoms with van der Waals surface area (Å²) in [5, 5.41) is 11.0. The third-order valence-corrected chi connectivity index (χ3v) is 6.04. The number of nitrogens with zero attached hydrogens (tertiary/aromatic N) is 2. The van der Waals surface area contributed by atoms with Crippen LogP contribution < -0.4 is 14.9 Å². The van der Waals surface area contributed by atoms with Crippen LogP contribution in [0.3, 0.4) is 0 Å². The van der Waals surface area contributed by atoms with Crippen molar-refractivity contribution in [3.63, 3.8) is 0 Å². The summed E-state index contributed by atoms with van der Waals surface area (Å²) in [5.74, 6) is -0.775. The smallest absolute Gasteiger partial charge is 0.0480 e. The lowest BCUT2D eigenvalue weighted by molar-refractivity contribution is -0.312. The van der Waals surface area contributed by atoms with Crippen LogP contribution >= 0.6 is 0 Å². The number of benzene rings is 2. The van der Waals surface area contributed by atoms with Crippen molar-refractivity contribution in [2.24, 2.45) is 11.3 Å². The topological polar surface area (TPSA) is 46.6 Å². The number of carbonyl (C=O) groups excluding carboxylic acids is 1. The highest BCUT2D eigenvalue weighted by Crippen LogP contribution is 2.42. The van der Waals surface area contributed by atoms with Crippen LogP contribution in [-0.2, 0) is 11.2 Å². The van der Waals surface area contributed by atoms with Gasteiger partial charge in [-0.2, -0.15) is 0 Å². The molecular formula is C24H29N2O2-. The lowest BCUT2D eigenvalue weighted by Crippen LogP contribution is -2.54. The zero-order valence-electron chi connectivity index (χ0n) is 17.2. The van der Waals surface area contributed by atoms with E-state index in [1.807, 2.05) is 0 Å². The van der Waals surface area contributed by atoms with E-state index in [2.05, 4.69) is 80.0 Å². The van der Waals surface area contributed by atoms with Crippen molar-refractivity contribution in [1.82, 2.24) is 0 Å². The Kier molecular flexibility index (Phi) is 4.60. The van der Waals surface area contributed by atoms with Crippen molar-refractivity contribution in [1.29, 1.82) is 0 Å². The zero-order valence-corrected chi connectivity index (χ0v) is 17.2. The number of fused-ring (bicyclic) bond motifs is 1. The normalized spacial score (nSPS) is 18.8. The summed E-state index contributed by atoms with van der Waals surface area (Å²) in [7, 11) is 0. The molecule has 2 aromatic rings. The summed E-state index contributed by atoms with van der Waals surface area (Å²) < 4.78 is 0. The van der Waals surface area contributed by atoms with Gasteiger partial charge < -0.3 is 19.7 Å². The number of carboxylic acid groups (broad SMARTS) is 1. The molecule has 1 saturated heterocycles. The Balaban J connectivity index is 1.66. The predicted molar refractivity (Wildman–Crippen MR) is 112 cm³/mol. The molecule has 2 heterocycles. The lowest BCUT2D eigenvalue weighted by atomic mass is 9.80. The molecular weight excluding hydrogens is 348 g/mol. The summed E-state index contributed by atoms with van der Waals surface area (Å²) in [6.45, 7) is 11.2. The fourth-order valence-corrected chi connectivity index (χ4v) is 4.38. The molecule has 0 spiro atoms. The summed E-state index contributed by atoms with van der Waals surface area (Å²) >= 11 is 0. The van der Waals surface area contributed by atoms with Gasteiger partial charge in [0.1, 0.15) is 0 Å². The Hall–Kier alpha value is -2.49. The highest BCUT2D eigenvalue weighted by molar-refractivity contribution is 5.75. The van der Waals surface area contributed by atoms with Crippen LogP contribution in [0.2, 0.25) is 0 Å². The molecule has 0 saturated carbocycles. The van der Waals surface area contributed by atoms with E-state index in [0.717, 1.165) is 18.7 Å². The van der Waals surface area contributed by atoms with Crippen LogP contribution in [0.15, 0.2) is 42.5 Å². The first-order valence-electron chi connectivity index (χ1n) is 10.2. The second kappa shape index (κ2) is 6.84. The first-order chi connectivity index (χ1) is 13.2. The monoisotopic (exact) mass is 377 g/mol. The Morgan fingerprint density at radius 3 is 2.50 bits per heavy atom. The van der Waals surface area contributed by atoms with Gasteiger partial charge in [-0.15, -0.1) is 0 Å². The minimum Gasteiger partial charge on any atom is -0.550 e. The third-order valence-electron chi connectivity index (χ3n) is 6.04. The zero-order chi connectivity index (χ0) is 20.1. The van der Waals surface area contributed by atoms with Gasteiger partial charge in [0, 0.05) is 48.6 Å². The fraction of sp³-hybridized carbons (Fsp3) is 0.458. The molecule has 4 heteroatoms. The molecule has 2 aromatic carbocycles. The summed E-state index contributed by atoms with van der Waals surface area (Å²) in [6.07, 6.45) is 1.08. The Bertz CT molecular complexity index is 897. The summed E-state index contributed by atoms with van der Waals surface area (Å²) in [6, 6.07) is 15.4. The molecule has 4 rings (SSSR count). The predicted octanol–water partition coefficient (Wildman–Crippen LogP) is 3.72. The molecule has 4 nitrogen and oxygen atoms in total. The maximum Gasteiger partial charge on any atom is 0.0480 e. The molecule has 28 heavy (non-hydrogen) atoms. The molecule has 0 unspecified atom stereocenters. The van der Waals surface area contributed by atoms with E-state index >= 15 is 0 Å².